The van der Waals surface area contributed by atoms with Crippen LogP contribution in [0.5, 0.6) is 5.75 Å². The number of rotatable bonds is 7. The van der Waals surface area contributed by atoms with Crippen molar-refractivity contribution in [2.24, 2.45) is 0 Å². The highest BCUT2D eigenvalue weighted by molar-refractivity contribution is 7.99. The first-order valence-corrected chi connectivity index (χ1v) is 9.19. The van der Waals surface area contributed by atoms with E-state index in [1.54, 1.807) is 36.0 Å². The van der Waals surface area contributed by atoms with Gasteiger partial charge in [0.2, 0.25) is 5.78 Å². The van der Waals surface area contributed by atoms with Crippen molar-refractivity contribution >= 4 is 23.5 Å². The summed E-state index contributed by atoms with van der Waals surface area (Å²) in [6, 6.07) is 8.96. The molecule has 0 aliphatic carbocycles. The molecule has 1 aliphatic rings. The number of cyclic esters (lactones) is 1. The SMILES string of the molecule is CCC(Oc1ccccc1)C(O)=C1C(=O)OC(CC(C)SC)C1=O. The third-order valence-electron chi connectivity index (χ3n) is 3.89. The van der Waals surface area contributed by atoms with E-state index in [0.29, 0.717) is 18.6 Å². The lowest BCUT2D eigenvalue weighted by atomic mass is 10.0. The highest BCUT2D eigenvalue weighted by Gasteiger charge is 2.42. The van der Waals surface area contributed by atoms with Gasteiger partial charge in [0.1, 0.15) is 11.3 Å². The van der Waals surface area contributed by atoms with Gasteiger partial charge in [-0.25, -0.2) is 4.79 Å². The van der Waals surface area contributed by atoms with E-state index in [1.807, 2.05) is 26.2 Å². The van der Waals surface area contributed by atoms with E-state index < -0.39 is 24.0 Å². The smallest absolute Gasteiger partial charge is 0.346 e. The van der Waals surface area contributed by atoms with Gasteiger partial charge in [-0.1, -0.05) is 32.0 Å². The van der Waals surface area contributed by atoms with Crippen molar-refractivity contribution in [3.05, 3.63) is 41.7 Å². The summed E-state index contributed by atoms with van der Waals surface area (Å²) >= 11 is 1.59. The van der Waals surface area contributed by atoms with Crippen molar-refractivity contribution in [1.29, 1.82) is 0 Å². The van der Waals surface area contributed by atoms with Gasteiger partial charge in [-0.05, 0) is 24.8 Å². The first-order valence-electron chi connectivity index (χ1n) is 7.90. The summed E-state index contributed by atoms with van der Waals surface area (Å²) in [6.07, 6.45) is 1.18. The fraction of sp³-hybridized carbons (Fsp3) is 0.444. The summed E-state index contributed by atoms with van der Waals surface area (Å²) in [6.45, 7) is 3.77. The molecule has 6 heteroatoms. The molecule has 0 radical (unpaired) electrons. The van der Waals surface area contributed by atoms with E-state index >= 15 is 0 Å². The number of hydrogen-bond acceptors (Lipinski definition) is 6. The van der Waals surface area contributed by atoms with Gasteiger partial charge in [-0.3, -0.25) is 4.79 Å². The molecule has 5 nitrogen and oxygen atoms in total. The number of benzene rings is 1. The molecule has 0 spiro atoms. The van der Waals surface area contributed by atoms with E-state index in [1.165, 1.54) is 0 Å². The lowest BCUT2D eigenvalue weighted by Crippen LogP contribution is -2.24. The number of aliphatic hydroxyl groups excluding tert-OH is 1. The van der Waals surface area contributed by atoms with Gasteiger partial charge in [0.25, 0.3) is 0 Å². The van der Waals surface area contributed by atoms with Crippen LogP contribution >= 0.6 is 11.8 Å². The van der Waals surface area contributed by atoms with Crippen molar-refractivity contribution in [3.8, 4) is 5.75 Å². The van der Waals surface area contributed by atoms with Crippen LogP contribution in [-0.2, 0) is 14.3 Å². The van der Waals surface area contributed by atoms with E-state index in [2.05, 4.69) is 0 Å². The zero-order chi connectivity index (χ0) is 17.7. The van der Waals surface area contributed by atoms with Crippen LogP contribution in [0.3, 0.4) is 0 Å². The molecule has 1 heterocycles. The van der Waals surface area contributed by atoms with Crippen LogP contribution in [0.1, 0.15) is 26.7 Å². The number of para-hydroxylation sites is 1. The Morgan fingerprint density at radius 1 is 1.33 bits per heavy atom. The molecule has 1 aromatic carbocycles. The quantitative estimate of drug-likeness (QED) is 0.352. The Hall–Kier alpha value is -1.95. The Morgan fingerprint density at radius 2 is 2.00 bits per heavy atom. The molecule has 3 atom stereocenters. The van der Waals surface area contributed by atoms with Crippen molar-refractivity contribution < 1.29 is 24.2 Å². The average molecular weight is 350 g/mol. The van der Waals surface area contributed by atoms with Gasteiger partial charge in [0.15, 0.2) is 18.0 Å². The second kappa shape index (κ2) is 8.24. The van der Waals surface area contributed by atoms with Crippen LogP contribution in [-0.4, -0.2) is 40.6 Å². The van der Waals surface area contributed by atoms with E-state index in [4.69, 9.17) is 9.47 Å². The third kappa shape index (κ3) is 4.12. The summed E-state index contributed by atoms with van der Waals surface area (Å²) in [4.78, 5) is 24.5. The fourth-order valence-electron chi connectivity index (χ4n) is 2.44. The van der Waals surface area contributed by atoms with Gasteiger partial charge in [-0.2, -0.15) is 11.8 Å². The Balaban J connectivity index is 2.21. The second-order valence-electron chi connectivity index (χ2n) is 5.63. The van der Waals surface area contributed by atoms with Gasteiger partial charge in [0.05, 0.1) is 0 Å². The highest BCUT2D eigenvalue weighted by atomic mass is 32.2. The molecule has 24 heavy (non-hydrogen) atoms. The van der Waals surface area contributed by atoms with Crippen LogP contribution in [0.2, 0.25) is 0 Å². The van der Waals surface area contributed by atoms with Crippen LogP contribution in [0.15, 0.2) is 41.7 Å². The summed E-state index contributed by atoms with van der Waals surface area (Å²) in [5.74, 6) is -1.03. The standard InChI is InChI=1S/C18H22O5S/c1-4-13(22-12-8-6-5-7-9-12)16(19)15-17(20)14(23-18(15)21)10-11(2)24-3/h5-9,11,13-14,19H,4,10H2,1-3H3. The lowest BCUT2D eigenvalue weighted by Gasteiger charge is -2.17. The van der Waals surface area contributed by atoms with Crippen molar-refractivity contribution in [2.75, 3.05) is 6.26 Å². The normalized spacial score (nSPS) is 22.0. The summed E-state index contributed by atoms with van der Waals surface area (Å²) in [5, 5.41) is 10.6. The lowest BCUT2D eigenvalue weighted by molar-refractivity contribution is -0.141. The van der Waals surface area contributed by atoms with E-state index in [0.717, 1.165) is 0 Å². The van der Waals surface area contributed by atoms with Crippen molar-refractivity contribution in [1.82, 2.24) is 0 Å². The molecule has 1 N–H and O–H groups in total. The summed E-state index contributed by atoms with van der Waals surface area (Å²) < 4.78 is 10.8. The van der Waals surface area contributed by atoms with Crippen molar-refractivity contribution in [3.63, 3.8) is 0 Å². The number of carbonyl (C=O) groups is 2. The first-order chi connectivity index (χ1) is 11.5. The number of ether oxygens (including phenoxy) is 2. The number of carbonyl (C=O) groups excluding carboxylic acids is 2. The van der Waals surface area contributed by atoms with Crippen LogP contribution < -0.4 is 4.74 Å². The molecule has 1 fully saturated rings. The molecular weight excluding hydrogens is 328 g/mol. The number of Topliss-reactive ketones (excluding diaryl/α,β-unsaturated/α-hetero) is 1. The predicted octanol–water partition coefficient (Wildman–Crippen LogP) is 3.29. The molecule has 2 rings (SSSR count). The average Bonchev–Trinajstić information content (AvgIpc) is 2.86. The molecule has 3 unspecified atom stereocenters. The van der Waals surface area contributed by atoms with Gasteiger partial charge in [-0.15, -0.1) is 0 Å². The molecular formula is C18H22O5S. The maximum absolute atomic E-state index is 12.5. The fourth-order valence-corrected chi connectivity index (χ4v) is 2.81. The minimum atomic E-state index is -0.827. The summed E-state index contributed by atoms with van der Waals surface area (Å²) in [7, 11) is 0. The molecule has 1 aromatic rings. The van der Waals surface area contributed by atoms with E-state index in [9.17, 15) is 14.7 Å². The minimum absolute atomic E-state index is 0.177. The zero-order valence-electron chi connectivity index (χ0n) is 14.0. The molecule has 0 saturated carbocycles. The predicted molar refractivity (Wildman–Crippen MR) is 93.3 cm³/mol. The number of thioether (sulfide) groups is 1. The Bertz CT molecular complexity index is 626. The third-order valence-corrected chi connectivity index (χ3v) is 4.89. The van der Waals surface area contributed by atoms with Crippen molar-refractivity contribution in [2.45, 2.75) is 44.1 Å². The van der Waals surface area contributed by atoms with Crippen LogP contribution in [0.25, 0.3) is 0 Å². The topological polar surface area (TPSA) is 72.8 Å². The Labute approximate surface area is 146 Å². The van der Waals surface area contributed by atoms with Crippen LogP contribution in [0.4, 0.5) is 0 Å². The second-order valence-corrected chi connectivity index (χ2v) is 6.90. The highest BCUT2D eigenvalue weighted by Crippen LogP contribution is 2.28. The Kier molecular flexibility index (Phi) is 6.31. The monoisotopic (exact) mass is 350 g/mol. The molecule has 1 aliphatic heterocycles. The van der Waals surface area contributed by atoms with Gasteiger partial charge >= 0.3 is 5.97 Å². The molecule has 1 saturated heterocycles. The van der Waals surface area contributed by atoms with Crippen LogP contribution in [0, 0.1) is 0 Å². The first kappa shape index (κ1) is 18.4. The number of ketones is 1. The summed E-state index contributed by atoms with van der Waals surface area (Å²) in [5.41, 5.74) is -0.281. The van der Waals surface area contributed by atoms with Gasteiger partial charge < -0.3 is 14.6 Å². The van der Waals surface area contributed by atoms with E-state index in [-0.39, 0.29) is 16.6 Å². The largest absolute Gasteiger partial charge is 0.507 e. The Morgan fingerprint density at radius 3 is 2.58 bits per heavy atom. The molecule has 0 bridgehead atoms. The van der Waals surface area contributed by atoms with Gasteiger partial charge in [0, 0.05) is 11.7 Å². The molecule has 0 aromatic heterocycles. The maximum atomic E-state index is 12.5. The number of esters is 1. The molecule has 0 amide bonds. The number of aliphatic hydroxyl groups is 1. The maximum Gasteiger partial charge on any atom is 0.346 e. The zero-order valence-corrected chi connectivity index (χ0v) is 14.8. The number of hydrogen-bond donors (Lipinski definition) is 1. The molecule has 130 valence electrons. The minimum Gasteiger partial charge on any atom is -0.507 e.